The third kappa shape index (κ3) is 1.87. The first-order valence-corrected chi connectivity index (χ1v) is 8.81. The van der Waals surface area contributed by atoms with Crippen LogP contribution in [0.4, 0.5) is 4.79 Å². The van der Waals surface area contributed by atoms with Crippen molar-refractivity contribution in [3.8, 4) is 0 Å². The molecule has 5 rings (SSSR count). The van der Waals surface area contributed by atoms with Crippen LogP contribution in [0, 0.1) is 23.2 Å². The Morgan fingerprint density at radius 3 is 2.71 bits per heavy atom. The van der Waals surface area contributed by atoms with Gasteiger partial charge in [0.2, 0.25) is 5.91 Å². The lowest BCUT2D eigenvalue weighted by molar-refractivity contribution is -0.140. The molecule has 0 radical (unpaired) electrons. The highest BCUT2D eigenvalue weighted by molar-refractivity contribution is 5.82. The van der Waals surface area contributed by atoms with Gasteiger partial charge in [-0.05, 0) is 36.7 Å². The van der Waals surface area contributed by atoms with Gasteiger partial charge >= 0.3 is 6.09 Å². The molecule has 24 heavy (non-hydrogen) atoms. The van der Waals surface area contributed by atoms with Crippen LogP contribution in [0.1, 0.15) is 24.8 Å². The van der Waals surface area contributed by atoms with E-state index in [1.54, 1.807) is 0 Å². The maximum Gasteiger partial charge on any atom is 0.404 e. The minimum Gasteiger partial charge on any atom is -0.449 e. The van der Waals surface area contributed by atoms with Crippen LogP contribution in [-0.4, -0.2) is 36.6 Å². The minimum atomic E-state index is -0.714. The van der Waals surface area contributed by atoms with Gasteiger partial charge in [-0.15, -0.1) is 0 Å². The Morgan fingerprint density at radius 2 is 2.00 bits per heavy atom. The Hall–Kier alpha value is -2.04. The van der Waals surface area contributed by atoms with Gasteiger partial charge in [0.05, 0.1) is 6.61 Å². The summed E-state index contributed by atoms with van der Waals surface area (Å²) >= 11 is 0. The first kappa shape index (κ1) is 14.3. The van der Waals surface area contributed by atoms with Crippen LogP contribution in [-0.2, 0) is 14.9 Å². The molecule has 1 heterocycles. The van der Waals surface area contributed by atoms with Crippen LogP contribution in [0.2, 0.25) is 0 Å². The molecule has 1 aromatic rings. The van der Waals surface area contributed by atoms with E-state index in [-0.39, 0.29) is 16.7 Å². The number of amides is 2. The van der Waals surface area contributed by atoms with Crippen LogP contribution in [0.15, 0.2) is 30.3 Å². The molecule has 3 unspecified atom stereocenters. The number of fused-ring (bicyclic) bond motifs is 2. The number of likely N-dealkylation sites (tertiary alicyclic amines) is 1. The average Bonchev–Trinajstić information content (AvgIpc) is 3.37. The summed E-state index contributed by atoms with van der Waals surface area (Å²) in [5.74, 6) is 1.47. The van der Waals surface area contributed by atoms with Gasteiger partial charge in [-0.1, -0.05) is 30.3 Å². The van der Waals surface area contributed by atoms with E-state index < -0.39 is 6.09 Å². The van der Waals surface area contributed by atoms with Gasteiger partial charge in [-0.2, -0.15) is 0 Å². The molecule has 0 bridgehead atoms. The fraction of sp³-hybridized carbons (Fsp3) is 0.579. The van der Waals surface area contributed by atoms with E-state index in [1.165, 1.54) is 12.0 Å². The molecule has 4 aliphatic rings. The third-order valence-corrected chi connectivity index (χ3v) is 6.99. The Bertz CT molecular complexity index is 721. The van der Waals surface area contributed by atoms with Gasteiger partial charge in [-0.3, -0.25) is 4.79 Å². The SMILES string of the molecule is NC(=O)OC[C@@]12CC1[C@H](C(=O)N1CC3CC3(c3ccccc3)C1)C2. The number of piperidine rings is 1. The van der Waals surface area contributed by atoms with Crippen LogP contribution in [0.5, 0.6) is 0 Å². The van der Waals surface area contributed by atoms with E-state index in [1.807, 2.05) is 6.07 Å². The number of nitrogens with two attached hydrogens (primary N) is 1. The Morgan fingerprint density at radius 1 is 1.21 bits per heavy atom. The van der Waals surface area contributed by atoms with Gasteiger partial charge in [0.1, 0.15) is 0 Å². The van der Waals surface area contributed by atoms with Crippen molar-refractivity contribution in [1.82, 2.24) is 4.90 Å². The molecular weight excluding hydrogens is 304 g/mol. The molecular formula is C19H22N2O3. The zero-order chi connectivity index (χ0) is 16.5. The summed E-state index contributed by atoms with van der Waals surface area (Å²) in [4.78, 5) is 25.7. The fourth-order valence-electron chi connectivity index (χ4n) is 5.40. The van der Waals surface area contributed by atoms with Gasteiger partial charge in [0.15, 0.2) is 0 Å². The van der Waals surface area contributed by atoms with Crippen molar-refractivity contribution >= 4 is 12.0 Å². The largest absolute Gasteiger partial charge is 0.449 e. The normalized spacial score (nSPS) is 41.0. The predicted molar refractivity (Wildman–Crippen MR) is 87.0 cm³/mol. The molecule has 1 saturated heterocycles. The summed E-state index contributed by atoms with van der Waals surface area (Å²) in [7, 11) is 0. The third-order valence-electron chi connectivity index (χ3n) is 6.99. The van der Waals surface area contributed by atoms with Crippen molar-refractivity contribution in [2.45, 2.75) is 24.7 Å². The number of ether oxygens (including phenoxy) is 1. The molecule has 3 saturated carbocycles. The van der Waals surface area contributed by atoms with Crippen LogP contribution in [0.3, 0.4) is 0 Å². The average molecular weight is 326 g/mol. The molecule has 3 aliphatic carbocycles. The highest BCUT2D eigenvalue weighted by atomic mass is 16.5. The Labute approximate surface area is 141 Å². The van der Waals surface area contributed by atoms with Crippen LogP contribution in [0.25, 0.3) is 0 Å². The number of primary amides is 1. The zero-order valence-electron chi connectivity index (χ0n) is 13.6. The van der Waals surface area contributed by atoms with Crippen molar-refractivity contribution in [2.24, 2.45) is 28.9 Å². The maximum absolute atomic E-state index is 12.9. The highest BCUT2D eigenvalue weighted by Crippen LogP contribution is 2.71. The van der Waals surface area contributed by atoms with Crippen molar-refractivity contribution in [2.75, 3.05) is 19.7 Å². The molecule has 2 amide bonds. The number of benzene rings is 1. The van der Waals surface area contributed by atoms with E-state index in [2.05, 4.69) is 29.2 Å². The number of hydrogen-bond donors (Lipinski definition) is 1. The van der Waals surface area contributed by atoms with Crippen molar-refractivity contribution in [1.29, 1.82) is 0 Å². The second-order valence-corrected chi connectivity index (χ2v) is 8.23. The first-order valence-electron chi connectivity index (χ1n) is 8.81. The van der Waals surface area contributed by atoms with Crippen molar-refractivity contribution < 1.29 is 14.3 Å². The van der Waals surface area contributed by atoms with Crippen molar-refractivity contribution in [3.05, 3.63) is 35.9 Å². The van der Waals surface area contributed by atoms with E-state index in [0.29, 0.717) is 24.3 Å². The lowest BCUT2D eigenvalue weighted by Gasteiger charge is -2.36. The molecule has 2 N–H and O–H groups in total. The minimum absolute atomic E-state index is 0.0646. The Balaban J connectivity index is 1.22. The molecule has 0 spiro atoms. The summed E-state index contributed by atoms with van der Waals surface area (Å²) in [6.45, 7) is 2.16. The lowest BCUT2D eigenvalue weighted by Crippen LogP contribution is -2.44. The monoisotopic (exact) mass is 326 g/mol. The lowest BCUT2D eigenvalue weighted by atomic mass is 9.74. The van der Waals surface area contributed by atoms with Crippen molar-refractivity contribution in [3.63, 3.8) is 0 Å². The fourth-order valence-corrected chi connectivity index (χ4v) is 5.40. The molecule has 126 valence electrons. The molecule has 0 aromatic heterocycles. The van der Waals surface area contributed by atoms with E-state index in [4.69, 9.17) is 10.5 Å². The highest BCUT2D eigenvalue weighted by Gasteiger charge is 2.71. The zero-order valence-corrected chi connectivity index (χ0v) is 13.6. The van der Waals surface area contributed by atoms with E-state index in [0.717, 1.165) is 25.9 Å². The second kappa shape index (κ2) is 4.52. The van der Waals surface area contributed by atoms with Crippen LogP contribution >= 0.6 is 0 Å². The molecule has 1 aliphatic heterocycles. The van der Waals surface area contributed by atoms with Gasteiger partial charge in [0.25, 0.3) is 0 Å². The summed E-state index contributed by atoms with van der Waals surface area (Å²) in [6, 6.07) is 10.6. The van der Waals surface area contributed by atoms with Gasteiger partial charge in [0, 0.05) is 29.8 Å². The first-order chi connectivity index (χ1) is 11.5. The number of nitrogens with zero attached hydrogens (tertiary/aromatic N) is 1. The number of carbonyl (C=O) groups excluding carboxylic acids is 2. The molecule has 1 aromatic carbocycles. The standard InChI is InChI=1S/C19H22N2O3/c20-17(23)24-11-18-7-14(15(18)8-18)16(22)21-9-13-6-19(13,10-21)12-4-2-1-3-5-12/h1-5,13-15H,6-11H2,(H2,20,23)/t13?,14-,15?,18-,19?/m1/s1. The second-order valence-electron chi connectivity index (χ2n) is 8.23. The number of rotatable bonds is 4. The maximum atomic E-state index is 12.9. The molecule has 5 atom stereocenters. The quantitative estimate of drug-likeness (QED) is 0.918. The molecule has 5 heteroatoms. The van der Waals surface area contributed by atoms with Crippen LogP contribution < -0.4 is 5.73 Å². The van der Waals surface area contributed by atoms with E-state index in [9.17, 15) is 9.59 Å². The van der Waals surface area contributed by atoms with Gasteiger partial charge in [-0.25, -0.2) is 4.79 Å². The summed E-state index contributed by atoms with van der Waals surface area (Å²) in [6.07, 6.45) is 2.35. The summed E-state index contributed by atoms with van der Waals surface area (Å²) in [5.41, 5.74) is 6.71. The van der Waals surface area contributed by atoms with E-state index >= 15 is 0 Å². The topological polar surface area (TPSA) is 72.6 Å². The predicted octanol–water partition coefficient (Wildman–Crippen LogP) is 1.91. The van der Waals surface area contributed by atoms with Gasteiger partial charge < -0.3 is 15.4 Å². The molecule has 4 fully saturated rings. The smallest absolute Gasteiger partial charge is 0.404 e. The Kier molecular flexibility index (Phi) is 2.70. The summed E-state index contributed by atoms with van der Waals surface area (Å²) in [5, 5.41) is 0. The molecule has 5 nitrogen and oxygen atoms in total. The number of hydrogen-bond acceptors (Lipinski definition) is 3. The summed E-state index contributed by atoms with van der Waals surface area (Å²) < 4.78 is 4.96. The number of carbonyl (C=O) groups is 2.